The molecule has 18 heavy (non-hydrogen) atoms. The third kappa shape index (κ3) is 1.83. The summed E-state index contributed by atoms with van der Waals surface area (Å²) in [6.07, 6.45) is 2.40. The molecule has 0 aliphatic heterocycles. The van der Waals surface area contributed by atoms with Crippen molar-refractivity contribution in [1.29, 1.82) is 0 Å². The van der Waals surface area contributed by atoms with Crippen LogP contribution in [0.1, 0.15) is 42.6 Å². The van der Waals surface area contributed by atoms with Crippen LogP contribution in [0.5, 0.6) is 0 Å². The Hall–Kier alpha value is -1.35. The van der Waals surface area contributed by atoms with Gasteiger partial charge in [-0.05, 0) is 43.9 Å². The van der Waals surface area contributed by atoms with E-state index in [1.807, 2.05) is 13.0 Å². The van der Waals surface area contributed by atoms with Crippen molar-refractivity contribution in [3.05, 3.63) is 34.8 Å². The number of hydrogen-bond acceptors (Lipinski definition) is 2. The molecular weight excluding hydrogens is 229 g/mol. The largest absolute Gasteiger partial charge is 0.456 e. The summed E-state index contributed by atoms with van der Waals surface area (Å²) in [4.78, 5) is 0. The summed E-state index contributed by atoms with van der Waals surface area (Å²) < 4.78 is 19.6. The van der Waals surface area contributed by atoms with E-state index >= 15 is 0 Å². The van der Waals surface area contributed by atoms with Crippen LogP contribution in [0, 0.1) is 12.7 Å². The van der Waals surface area contributed by atoms with Crippen LogP contribution in [-0.2, 0) is 6.54 Å². The Balaban J connectivity index is 2.19. The minimum absolute atomic E-state index is 0.250. The highest BCUT2D eigenvalue weighted by Crippen LogP contribution is 2.47. The van der Waals surface area contributed by atoms with Crippen molar-refractivity contribution in [2.45, 2.75) is 39.2 Å². The van der Waals surface area contributed by atoms with Gasteiger partial charge in [0.25, 0.3) is 0 Å². The lowest BCUT2D eigenvalue weighted by atomic mass is 10.0. The van der Waals surface area contributed by atoms with E-state index in [0.29, 0.717) is 18.0 Å². The fraction of sp³-hybridized carbons (Fsp3) is 0.467. The van der Waals surface area contributed by atoms with Gasteiger partial charge in [-0.25, -0.2) is 4.39 Å². The van der Waals surface area contributed by atoms with Gasteiger partial charge in [-0.3, -0.25) is 0 Å². The molecule has 0 saturated heterocycles. The van der Waals surface area contributed by atoms with Crippen molar-refractivity contribution in [2.24, 2.45) is 0 Å². The zero-order chi connectivity index (χ0) is 12.7. The van der Waals surface area contributed by atoms with Crippen LogP contribution in [0.15, 0.2) is 16.5 Å². The molecule has 0 amide bonds. The number of nitrogens with one attached hydrogen (secondary N) is 1. The molecule has 1 aromatic heterocycles. The zero-order valence-corrected chi connectivity index (χ0v) is 10.8. The Morgan fingerprint density at radius 2 is 2.17 bits per heavy atom. The molecule has 1 N–H and O–H groups in total. The lowest BCUT2D eigenvalue weighted by Crippen LogP contribution is -2.12. The van der Waals surface area contributed by atoms with E-state index in [-0.39, 0.29) is 5.82 Å². The minimum atomic E-state index is -0.250. The van der Waals surface area contributed by atoms with Crippen molar-refractivity contribution in [3.8, 4) is 0 Å². The van der Waals surface area contributed by atoms with Gasteiger partial charge in [0, 0.05) is 10.9 Å². The summed E-state index contributed by atoms with van der Waals surface area (Å²) in [6.45, 7) is 5.67. The van der Waals surface area contributed by atoms with E-state index in [0.717, 1.165) is 23.3 Å². The molecule has 1 fully saturated rings. The first kappa shape index (κ1) is 11.7. The first-order chi connectivity index (χ1) is 8.72. The summed E-state index contributed by atoms with van der Waals surface area (Å²) in [6, 6.07) is 3.34. The number of fused-ring (bicyclic) bond motifs is 1. The molecule has 0 unspecified atom stereocenters. The van der Waals surface area contributed by atoms with Crippen molar-refractivity contribution >= 4 is 11.0 Å². The SMILES string of the molecule is CCNCc1oc2c(F)ccc(C)c2c1C1CC1. The second-order valence-corrected chi connectivity index (χ2v) is 5.06. The standard InChI is InChI=1S/C15H18FNO/c1-3-17-8-12-14(10-5-6-10)13-9(2)4-7-11(16)15(13)18-12/h4,7,10,17H,3,5-6,8H2,1-2H3. The third-order valence-corrected chi connectivity index (χ3v) is 3.63. The van der Waals surface area contributed by atoms with E-state index in [9.17, 15) is 4.39 Å². The van der Waals surface area contributed by atoms with Crippen LogP contribution in [0.25, 0.3) is 11.0 Å². The second kappa shape index (κ2) is 4.39. The molecule has 2 aromatic rings. The van der Waals surface area contributed by atoms with E-state index < -0.39 is 0 Å². The molecule has 0 radical (unpaired) electrons. The molecule has 0 bridgehead atoms. The number of rotatable bonds is 4. The maximum atomic E-state index is 13.9. The van der Waals surface area contributed by atoms with E-state index in [1.165, 1.54) is 24.5 Å². The molecule has 0 atom stereocenters. The van der Waals surface area contributed by atoms with Gasteiger partial charge >= 0.3 is 0 Å². The summed E-state index contributed by atoms with van der Waals surface area (Å²) >= 11 is 0. The number of furan rings is 1. The molecule has 3 rings (SSSR count). The highest BCUT2D eigenvalue weighted by Gasteiger charge is 2.32. The summed E-state index contributed by atoms with van der Waals surface area (Å²) in [7, 11) is 0. The molecule has 1 heterocycles. The average molecular weight is 247 g/mol. The van der Waals surface area contributed by atoms with Gasteiger partial charge in [0.1, 0.15) is 5.76 Å². The van der Waals surface area contributed by atoms with Crippen LogP contribution >= 0.6 is 0 Å². The van der Waals surface area contributed by atoms with Gasteiger partial charge in [-0.2, -0.15) is 0 Å². The first-order valence-corrected chi connectivity index (χ1v) is 6.63. The molecular formula is C15H18FNO. The summed E-state index contributed by atoms with van der Waals surface area (Å²) in [5.74, 6) is 1.24. The lowest BCUT2D eigenvalue weighted by Gasteiger charge is -2.02. The van der Waals surface area contributed by atoms with E-state index in [4.69, 9.17) is 4.42 Å². The van der Waals surface area contributed by atoms with Gasteiger partial charge in [-0.1, -0.05) is 13.0 Å². The first-order valence-electron chi connectivity index (χ1n) is 6.63. The predicted molar refractivity (Wildman–Crippen MR) is 70.3 cm³/mol. The van der Waals surface area contributed by atoms with Crippen LogP contribution in [0.2, 0.25) is 0 Å². The molecule has 1 aliphatic rings. The Labute approximate surface area is 106 Å². The van der Waals surface area contributed by atoms with E-state index in [1.54, 1.807) is 0 Å². The predicted octanol–water partition coefficient (Wildman–Crippen LogP) is 3.87. The van der Waals surface area contributed by atoms with Crippen LogP contribution in [-0.4, -0.2) is 6.54 Å². The minimum Gasteiger partial charge on any atom is -0.456 e. The highest BCUT2D eigenvalue weighted by molar-refractivity contribution is 5.87. The maximum Gasteiger partial charge on any atom is 0.170 e. The van der Waals surface area contributed by atoms with Crippen LogP contribution in [0.3, 0.4) is 0 Å². The highest BCUT2D eigenvalue weighted by atomic mass is 19.1. The average Bonchev–Trinajstić information content (AvgIpc) is 3.12. The molecule has 1 aromatic carbocycles. The van der Waals surface area contributed by atoms with Gasteiger partial charge in [0.05, 0.1) is 6.54 Å². The van der Waals surface area contributed by atoms with Crippen LogP contribution < -0.4 is 5.32 Å². The van der Waals surface area contributed by atoms with Crippen molar-refractivity contribution < 1.29 is 8.81 Å². The molecule has 1 saturated carbocycles. The Bertz CT molecular complexity index is 584. The molecule has 1 aliphatic carbocycles. The lowest BCUT2D eigenvalue weighted by molar-refractivity contribution is 0.494. The topological polar surface area (TPSA) is 25.2 Å². The fourth-order valence-corrected chi connectivity index (χ4v) is 2.58. The monoisotopic (exact) mass is 247 g/mol. The molecule has 0 spiro atoms. The van der Waals surface area contributed by atoms with Crippen LogP contribution in [0.4, 0.5) is 4.39 Å². The van der Waals surface area contributed by atoms with E-state index in [2.05, 4.69) is 12.2 Å². The number of halogens is 1. The van der Waals surface area contributed by atoms with Crippen molar-refractivity contribution in [1.82, 2.24) is 5.32 Å². The van der Waals surface area contributed by atoms with Gasteiger partial charge in [-0.15, -0.1) is 0 Å². The number of aryl methyl sites for hydroxylation is 1. The Kier molecular flexibility index (Phi) is 2.86. The molecule has 2 nitrogen and oxygen atoms in total. The second-order valence-electron chi connectivity index (χ2n) is 5.06. The van der Waals surface area contributed by atoms with Crippen molar-refractivity contribution in [3.63, 3.8) is 0 Å². The smallest absolute Gasteiger partial charge is 0.170 e. The quantitative estimate of drug-likeness (QED) is 0.887. The van der Waals surface area contributed by atoms with Gasteiger partial charge < -0.3 is 9.73 Å². The Morgan fingerprint density at radius 3 is 2.83 bits per heavy atom. The van der Waals surface area contributed by atoms with Gasteiger partial charge in [0.15, 0.2) is 11.4 Å². The normalized spacial score (nSPS) is 15.5. The Morgan fingerprint density at radius 1 is 1.39 bits per heavy atom. The molecule has 96 valence electrons. The van der Waals surface area contributed by atoms with Crippen molar-refractivity contribution in [2.75, 3.05) is 6.54 Å². The fourth-order valence-electron chi connectivity index (χ4n) is 2.58. The zero-order valence-electron chi connectivity index (χ0n) is 10.8. The maximum absolute atomic E-state index is 13.9. The molecule has 3 heteroatoms. The number of benzene rings is 1. The summed E-state index contributed by atoms with van der Waals surface area (Å²) in [5, 5.41) is 4.28. The third-order valence-electron chi connectivity index (χ3n) is 3.63. The summed E-state index contributed by atoms with van der Waals surface area (Å²) in [5.41, 5.74) is 2.78. The number of hydrogen-bond donors (Lipinski definition) is 1. The van der Waals surface area contributed by atoms with Gasteiger partial charge in [0.2, 0.25) is 0 Å².